The molecule has 3 heteroatoms. The van der Waals surface area contributed by atoms with Crippen molar-refractivity contribution >= 4 is 0 Å². The molecule has 1 aromatic heterocycles. The van der Waals surface area contributed by atoms with Crippen LogP contribution in [0.4, 0.5) is 0 Å². The lowest BCUT2D eigenvalue weighted by Gasteiger charge is -2.34. The van der Waals surface area contributed by atoms with E-state index in [9.17, 15) is 5.11 Å². The van der Waals surface area contributed by atoms with Gasteiger partial charge in [0.1, 0.15) is 5.60 Å². The summed E-state index contributed by atoms with van der Waals surface area (Å²) in [7, 11) is 0. The molecule has 1 saturated heterocycles. The third-order valence-corrected chi connectivity index (χ3v) is 4.63. The van der Waals surface area contributed by atoms with E-state index in [1.807, 2.05) is 48.8 Å². The molecule has 2 atom stereocenters. The minimum atomic E-state index is -1.11. The molecule has 24 heavy (non-hydrogen) atoms. The molecule has 0 bridgehead atoms. The molecule has 0 aliphatic carbocycles. The van der Waals surface area contributed by atoms with Crippen molar-refractivity contribution in [3.8, 4) is 11.8 Å². The van der Waals surface area contributed by atoms with Crippen molar-refractivity contribution in [2.45, 2.75) is 37.8 Å². The number of piperidine rings is 1. The molecule has 3 nitrogen and oxygen atoms in total. The van der Waals surface area contributed by atoms with Crippen LogP contribution in [0.15, 0.2) is 54.9 Å². The number of rotatable bonds is 3. The Bertz CT molecular complexity index is 701. The summed E-state index contributed by atoms with van der Waals surface area (Å²) in [6.45, 7) is 3.47. The predicted octanol–water partition coefficient (Wildman–Crippen LogP) is 3.52. The fourth-order valence-corrected chi connectivity index (χ4v) is 3.28. The molecule has 1 fully saturated rings. The molecule has 1 N–H and O–H groups in total. The average Bonchev–Trinajstić information content (AvgIpc) is 2.63. The summed E-state index contributed by atoms with van der Waals surface area (Å²) >= 11 is 0. The fraction of sp³-hybridized carbons (Fsp3) is 0.381. The third kappa shape index (κ3) is 4.03. The molecule has 0 saturated carbocycles. The molecule has 3 rings (SSSR count). The van der Waals surface area contributed by atoms with Gasteiger partial charge >= 0.3 is 0 Å². The minimum Gasteiger partial charge on any atom is -0.374 e. The number of nitrogens with zero attached hydrogens (tertiary/aromatic N) is 2. The first kappa shape index (κ1) is 16.7. The van der Waals surface area contributed by atoms with Crippen LogP contribution in [0.25, 0.3) is 0 Å². The summed E-state index contributed by atoms with van der Waals surface area (Å²) in [5.74, 6) is 6.24. The second-order valence-electron chi connectivity index (χ2n) is 6.51. The van der Waals surface area contributed by atoms with Crippen LogP contribution >= 0.6 is 0 Å². The zero-order chi connectivity index (χ0) is 16.8. The van der Waals surface area contributed by atoms with Crippen LogP contribution in [0.5, 0.6) is 0 Å². The third-order valence-electron chi connectivity index (χ3n) is 4.63. The van der Waals surface area contributed by atoms with Crippen molar-refractivity contribution in [2.24, 2.45) is 0 Å². The molecule has 0 amide bonds. The molecule has 1 aromatic carbocycles. The Hall–Kier alpha value is -2.15. The molecule has 1 aliphatic rings. The van der Waals surface area contributed by atoms with Crippen LogP contribution < -0.4 is 0 Å². The highest BCUT2D eigenvalue weighted by molar-refractivity contribution is 5.30. The summed E-state index contributed by atoms with van der Waals surface area (Å²) in [6.07, 6.45) is 7.35. The molecular weight excluding hydrogens is 296 g/mol. The highest BCUT2D eigenvalue weighted by Gasteiger charge is 2.24. The zero-order valence-electron chi connectivity index (χ0n) is 14.2. The number of hydrogen-bond acceptors (Lipinski definition) is 3. The van der Waals surface area contributed by atoms with Crippen molar-refractivity contribution in [2.75, 3.05) is 13.1 Å². The van der Waals surface area contributed by atoms with Crippen molar-refractivity contribution in [3.63, 3.8) is 0 Å². The standard InChI is InChI=1S/C21H24N2O/c1-21(24,19-10-3-2-4-11-19)13-8-16-23-15-6-5-12-20(23)18-9-7-14-22-17-18/h2-4,7,9-11,14,17,20,24H,5-6,12,15-16H2,1H3/t20-,21+/m1/s1. The van der Waals surface area contributed by atoms with E-state index in [2.05, 4.69) is 27.8 Å². The molecular formula is C21H24N2O. The van der Waals surface area contributed by atoms with E-state index in [-0.39, 0.29) is 0 Å². The second kappa shape index (κ2) is 7.61. The second-order valence-corrected chi connectivity index (χ2v) is 6.51. The van der Waals surface area contributed by atoms with E-state index in [1.165, 1.54) is 18.4 Å². The van der Waals surface area contributed by atoms with Gasteiger partial charge in [-0.15, -0.1) is 0 Å². The van der Waals surface area contributed by atoms with Gasteiger partial charge in [-0.25, -0.2) is 0 Å². The quantitative estimate of drug-likeness (QED) is 0.879. The van der Waals surface area contributed by atoms with E-state index < -0.39 is 5.60 Å². The number of hydrogen-bond donors (Lipinski definition) is 1. The van der Waals surface area contributed by atoms with Gasteiger partial charge in [0.05, 0.1) is 6.54 Å². The van der Waals surface area contributed by atoms with Crippen molar-refractivity contribution < 1.29 is 5.11 Å². The lowest BCUT2D eigenvalue weighted by atomic mass is 9.95. The molecule has 0 spiro atoms. The van der Waals surface area contributed by atoms with Gasteiger partial charge in [-0.05, 0) is 43.5 Å². The number of pyridine rings is 1. The molecule has 0 unspecified atom stereocenters. The number of aliphatic hydroxyl groups is 1. The van der Waals surface area contributed by atoms with E-state index in [0.717, 1.165) is 18.5 Å². The predicted molar refractivity (Wildman–Crippen MR) is 96.2 cm³/mol. The first-order chi connectivity index (χ1) is 11.7. The molecule has 1 aliphatic heterocycles. The maximum atomic E-state index is 10.6. The van der Waals surface area contributed by atoms with Gasteiger partial charge in [0.2, 0.25) is 0 Å². The Morgan fingerprint density at radius 1 is 1.21 bits per heavy atom. The summed E-state index contributed by atoms with van der Waals surface area (Å²) in [5, 5.41) is 10.6. The van der Waals surface area contributed by atoms with Gasteiger partial charge in [-0.1, -0.05) is 54.7 Å². The van der Waals surface area contributed by atoms with Gasteiger partial charge in [0, 0.05) is 18.4 Å². The Labute approximate surface area is 144 Å². The van der Waals surface area contributed by atoms with Crippen molar-refractivity contribution in [1.29, 1.82) is 0 Å². The van der Waals surface area contributed by atoms with Gasteiger partial charge < -0.3 is 5.11 Å². The lowest BCUT2D eigenvalue weighted by molar-refractivity contribution is 0.121. The zero-order valence-corrected chi connectivity index (χ0v) is 14.2. The number of benzene rings is 1. The highest BCUT2D eigenvalue weighted by Crippen LogP contribution is 2.29. The van der Waals surface area contributed by atoms with Crippen molar-refractivity contribution in [1.82, 2.24) is 9.88 Å². The van der Waals surface area contributed by atoms with Gasteiger partial charge in [0.15, 0.2) is 0 Å². The average molecular weight is 320 g/mol. The Kier molecular flexibility index (Phi) is 5.30. The van der Waals surface area contributed by atoms with Crippen LogP contribution in [0, 0.1) is 11.8 Å². The monoisotopic (exact) mass is 320 g/mol. The van der Waals surface area contributed by atoms with Crippen LogP contribution in [0.1, 0.15) is 43.4 Å². The first-order valence-electron chi connectivity index (χ1n) is 8.59. The maximum absolute atomic E-state index is 10.6. The van der Waals surface area contributed by atoms with E-state index in [4.69, 9.17) is 0 Å². The maximum Gasteiger partial charge on any atom is 0.148 e. The SMILES string of the molecule is C[C@](O)(C#CCN1CCCC[C@@H]1c1cccnc1)c1ccccc1. The number of likely N-dealkylation sites (tertiary alicyclic amines) is 1. The summed E-state index contributed by atoms with van der Waals surface area (Å²) < 4.78 is 0. The first-order valence-corrected chi connectivity index (χ1v) is 8.59. The highest BCUT2D eigenvalue weighted by atomic mass is 16.3. The van der Waals surface area contributed by atoms with E-state index >= 15 is 0 Å². The summed E-state index contributed by atoms with van der Waals surface area (Å²) in [5.41, 5.74) is 0.981. The topological polar surface area (TPSA) is 36.4 Å². The number of aromatic nitrogens is 1. The van der Waals surface area contributed by atoms with Crippen LogP contribution in [-0.4, -0.2) is 28.1 Å². The summed E-state index contributed by atoms with van der Waals surface area (Å²) in [4.78, 5) is 6.65. The summed E-state index contributed by atoms with van der Waals surface area (Å²) in [6, 6.07) is 14.1. The van der Waals surface area contributed by atoms with Crippen molar-refractivity contribution in [3.05, 3.63) is 66.0 Å². The lowest BCUT2D eigenvalue weighted by Crippen LogP contribution is -2.34. The molecule has 0 radical (unpaired) electrons. The minimum absolute atomic E-state index is 0.378. The van der Waals surface area contributed by atoms with E-state index in [1.54, 1.807) is 6.92 Å². The van der Waals surface area contributed by atoms with E-state index in [0.29, 0.717) is 12.6 Å². The Morgan fingerprint density at radius 2 is 2.04 bits per heavy atom. The molecule has 124 valence electrons. The Morgan fingerprint density at radius 3 is 2.79 bits per heavy atom. The fourth-order valence-electron chi connectivity index (χ4n) is 3.28. The van der Waals surface area contributed by atoms with Gasteiger partial charge in [0.25, 0.3) is 0 Å². The molecule has 2 heterocycles. The smallest absolute Gasteiger partial charge is 0.148 e. The Balaban J connectivity index is 1.71. The van der Waals surface area contributed by atoms with Gasteiger partial charge in [-0.3, -0.25) is 9.88 Å². The largest absolute Gasteiger partial charge is 0.374 e. The molecule has 2 aromatic rings. The van der Waals surface area contributed by atoms with Crippen LogP contribution in [0.2, 0.25) is 0 Å². The van der Waals surface area contributed by atoms with Crippen LogP contribution in [-0.2, 0) is 5.60 Å². The van der Waals surface area contributed by atoms with Crippen LogP contribution in [0.3, 0.4) is 0 Å². The normalized spacial score (nSPS) is 20.7. The van der Waals surface area contributed by atoms with Gasteiger partial charge in [-0.2, -0.15) is 0 Å².